The van der Waals surface area contributed by atoms with E-state index in [0.29, 0.717) is 12.1 Å². The number of carbonyl (C=O) groups is 1. The number of hydrogen-bond donors (Lipinski definition) is 2. The third-order valence-corrected chi connectivity index (χ3v) is 4.36. The molecule has 0 saturated heterocycles. The van der Waals surface area contributed by atoms with Crippen LogP contribution in [-0.4, -0.2) is 26.9 Å². The van der Waals surface area contributed by atoms with Crippen LogP contribution in [-0.2, 0) is 10.0 Å². The Balaban J connectivity index is 2.81. The fraction of sp³-hybridized carbons (Fsp3) is 0.533. The van der Waals surface area contributed by atoms with E-state index in [-0.39, 0.29) is 16.8 Å². The average molecular weight is 312 g/mol. The highest BCUT2D eigenvalue weighted by atomic mass is 32.2. The monoisotopic (exact) mass is 312 g/mol. The highest BCUT2D eigenvalue weighted by Crippen LogP contribution is 2.12. The highest BCUT2D eigenvalue weighted by Gasteiger charge is 2.16. The minimum atomic E-state index is -3.56. The molecule has 0 aliphatic carbocycles. The molecule has 0 aliphatic rings. The third kappa shape index (κ3) is 5.85. The molecule has 21 heavy (non-hydrogen) atoms. The zero-order valence-corrected chi connectivity index (χ0v) is 13.7. The molecule has 6 heteroatoms. The predicted octanol–water partition coefficient (Wildman–Crippen LogP) is 2.29. The minimum absolute atomic E-state index is 0.00457. The van der Waals surface area contributed by atoms with Crippen molar-refractivity contribution in [2.45, 2.75) is 51.0 Å². The first kappa shape index (κ1) is 17.7. The van der Waals surface area contributed by atoms with Gasteiger partial charge in [0.25, 0.3) is 5.91 Å². The summed E-state index contributed by atoms with van der Waals surface area (Å²) in [5, 5.41) is 2.74. The van der Waals surface area contributed by atoms with Gasteiger partial charge >= 0.3 is 0 Å². The van der Waals surface area contributed by atoms with E-state index in [1.807, 2.05) is 13.8 Å². The topological polar surface area (TPSA) is 75.3 Å². The summed E-state index contributed by atoms with van der Waals surface area (Å²) in [6.45, 7) is 6.19. The molecule has 1 amide bonds. The number of nitrogens with one attached hydrogen (secondary N) is 2. The molecule has 0 saturated carbocycles. The van der Waals surface area contributed by atoms with Gasteiger partial charge in [0.05, 0.1) is 4.90 Å². The first-order chi connectivity index (χ1) is 9.86. The van der Waals surface area contributed by atoms with Crippen LogP contribution in [0.2, 0.25) is 0 Å². The van der Waals surface area contributed by atoms with Gasteiger partial charge in [0.2, 0.25) is 10.0 Å². The van der Waals surface area contributed by atoms with Crippen molar-refractivity contribution in [3.63, 3.8) is 0 Å². The molecule has 0 atom stereocenters. The molecule has 0 radical (unpaired) electrons. The summed E-state index contributed by atoms with van der Waals surface area (Å²) in [6, 6.07) is 6.09. The summed E-state index contributed by atoms with van der Waals surface area (Å²) in [4.78, 5) is 12.0. The molecule has 0 spiro atoms. The Morgan fingerprint density at radius 2 is 1.95 bits per heavy atom. The van der Waals surface area contributed by atoms with Crippen LogP contribution in [0.5, 0.6) is 0 Å². The molecule has 0 aliphatic heterocycles. The fourth-order valence-corrected chi connectivity index (χ4v) is 2.93. The van der Waals surface area contributed by atoms with E-state index < -0.39 is 10.0 Å². The molecule has 2 N–H and O–H groups in total. The normalized spacial score (nSPS) is 11.6. The van der Waals surface area contributed by atoms with Crippen LogP contribution in [0.3, 0.4) is 0 Å². The molecule has 1 aromatic rings. The highest BCUT2D eigenvalue weighted by molar-refractivity contribution is 7.89. The van der Waals surface area contributed by atoms with E-state index in [2.05, 4.69) is 17.0 Å². The Bertz CT molecular complexity index is 568. The number of benzene rings is 1. The maximum atomic E-state index is 12.1. The van der Waals surface area contributed by atoms with E-state index in [4.69, 9.17) is 0 Å². The number of unbranched alkanes of at least 4 members (excludes halogenated alkanes) is 2. The summed E-state index contributed by atoms with van der Waals surface area (Å²) in [7, 11) is -3.56. The summed E-state index contributed by atoms with van der Waals surface area (Å²) in [5.74, 6) is -0.270. The van der Waals surface area contributed by atoms with Crippen molar-refractivity contribution in [2.75, 3.05) is 6.54 Å². The van der Waals surface area contributed by atoms with Crippen molar-refractivity contribution >= 4 is 15.9 Å². The van der Waals surface area contributed by atoms with Crippen molar-refractivity contribution in [3.8, 4) is 0 Å². The summed E-state index contributed by atoms with van der Waals surface area (Å²) < 4.78 is 26.9. The van der Waals surface area contributed by atoms with Gasteiger partial charge in [0.15, 0.2) is 0 Å². The van der Waals surface area contributed by atoms with E-state index in [9.17, 15) is 13.2 Å². The first-order valence-electron chi connectivity index (χ1n) is 7.27. The van der Waals surface area contributed by atoms with Crippen LogP contribution in [0.4, 0.5) is 0 Å². The lowest BCUT2D eigenvalue weighted by Gasteiger charge is -2.10. The van der Waals surface area contributed by atoms with Crippen LogP contribution in [0, 0.1) is 0 Å². The predicted molar refractivity (Wildman–Crippen MR) is 83.8 cm³/mol. The summed E-state index contributed by atoms with van der Waals surface area (Å²) >= 11 is 0. The molecule has 118 valence electrons. The molecule has 1 rings (SSSR count). The second-order valence-electron chi connectivity index (χ2n) is 5.26. The van der Waals surface area contributed by atoms with Crippen LogP contribution in [0.25, 0.3) is 0 Å². The number of rotatable bonds is 8. The lowest BCUT2D eigenvalue weighted by molar-refractivity contribution is 0.0943. The van der Waals surface area contributed by atoms with Crippen LogP contribution < -0.4 is 10.0 Å². The summed E-state index contributed by atoms with van der Waals surface area (Å²) in [6.07, 6.45) is 2.83. The van der Waals surface area contributed by atoms with Crippen LogP contribution >= 0.6 is 0 Å². The number of sulfonamides is 1. The molecule has 0 heterocycles. The van der Waals surface area contributed by atoms with Crippen molar-refractivity contribution in [3.05, 3.63) is 29.8 Å². The number of amides is 1. The van der Waals surface area contributed by atoms with E-state index in [1.165, 1.54) is 12.1 Å². The van der Waals surface area contributed by atoms with Crippen molar-refractivity contribution in [1.29, 1.82) is 0 Å². The molecular weight excluding hydrogens is 288 g/mol. The Hall–Kier alpha value is -1.40. The lowest BCUT2D eigenvalue weighted by Crippen LogP contribution is -2.30. The Kier molecular flexibility index (Phi) is 6.84. The van der Waals surface area contributed by atoms with E-state index in [0.717, 1.165) is 19.3 Å². The lowest BCUT2D eigenvalue weighted by atomic mass is 10.2. The molecule has 0 fully saturated rings. The van der Waals surface area contributed by atoms with Gasteiger partial charge in [-0.1, -0.05) is 25.8 Å². The van der Waals surface area contributed by atoms with E-state index >= 15 is 0 Å². The van der Waals surface area contributed by atoms with Gasteiger partial charge in [0, 0.05) is 18.2 Å². The Morgan fingerprint density at radius 1 is 1.24 bits per heavy atom. The third-order valence-electron chi connectivity index (χ3n) is 2.90. The minimum Gasteiger partial charge on any atom is -0.350 e. The van der Waals surface area contributed by atoms with Gasteiger partial charge in [-0.25, -0.2) is 13.1 Å². The molecule has 1 aromatic carbocycles. The van der Waals surface area contributed by atoms with Gasteiger partial charge in [0.1, 0.15) is 0 Å². The van der Waals surface area contributed by atoms with Gasteiger partial charge in [-0.3, -0.25) is 4.79 Å². The second kappa shape index (κ2) is 8.14. The molecule has 0 aromatic heterocycles. The SMILES string of the molecule is CCCCCNS(=O)(=O)c1cccc(C(=O)NC(C)C)c1. The van der Waals surface area contributed by atoms with Gasteiger partial charge in [-0.2, -0.15) is 0 Å². The van der Waals surface area contributed by atoms with Crippen LogP contribution in [0.15, 0.2) is 29.2 Å². The maximum absolute atomic E-state index is 12.1. The van der Waals surface area contributed by atoms with Gasteiger partial charge in [-0.05, 0) is 38.5 Å². The van der Waals surface area contributed by atoms with E-state index in [1.54, 1.807) is 12.1 Å². The Morgan fingerprint density at radius 3 is 2.57 bits per heavy atom. The maximum Gasteiger partial charge on any atom is 0.251 e. The fourth-order valence-electron chi connectivity index (χ4n) is 1.81. The zero-order chi connectivity index (χ0) is 15.9. The number of hydrogen-bond acceptors (Lipinski definition) is 3. The quantitative estimate of drug-likeness (QED) is 0.723. The van der Waals surface area contributed by atoms with Gasteiger partial charge in [-0.15, -0.1) is 0 Å². The average Bonchev–Trinajstić information content (AvgIpc) is 2.43. The zero-order valence-electron chi connectivity index (χ0n) is 12.8. The van der Waals surface area contributed by atoms with Crippen molar-refractivity contribution in [2.24, 2.45) is 0 Å². The largest absolute Gasteiger partial charge is 0.350 e. The molecular formula is C15H24N2O3S. The van der Waals surface area contributed by atoms with Gasteiger partial charge < -0.3 is 5.32 Å². The smallest absolute Gasteiger partial charge is 0.251 e. The van der Waals surface area contributed by atoms with Crippen LogP contribution in [0.1, 0.15) is 50.4 Å². The molecule has 0 bridgehead atoms. The molecule has 5 nitrogen and oxygen atoms in total. The second-order valence-corrected chi connectivity index (χ2v) is 7.03. The molecule has 0 unspecified atom stereocenters. The van der Waals surface area contributed by atoms with Crippen molar-refractivity contribution < 1.29 is 13.2 Å². The first-order valence-corrected chi connectivity index (χ1v) is 8.75. The van der Waals surface area contributed by atoms with Crippen molar-refractivity contribution in [1.82, 2.24) is 10.0 Å². The summed E-state index contributed by atoms with van der Waals surface area (Å²) in [5.41, 5.74) is 0.347. The Labute approximate surface area is 127 Å². The standard InChI is InChI=1S/C15H24N2O3S/c1-4-5-6-10-16-21(19,20)14-9-7-8-13(11-14)15(18)17-12(2)3/h7-9,11-12,16H,4-6,10H2,1-3H3,(H,17,18). The number of carbonyl (C=O) groups excluding carboxylic acids is 1.